The minimum Gasteiger partial charge on any atom is -0.394 e. The van der Waals surface area contributed by atoms with Gasteiger partial charge in [0.1, 0.15) is 12.4 Å². The standard InChI is InChI=1S/C20H22F3IN4O5/c1-2-25-16(30)10-33-26-9-11-7-13(20(31)28-32-6-5-29)19(18(23)17(11)22)27-15-4-3-12(24)8-14(15)21/h3-4,7-8,26-27,29H,2,5-6,9-10H2,1H3,(H,25,30)(H,28,31). The predicted molar refractivity (Wildman–Crippen MR) is 121 cm³/mol. The summed E-state index contributed by atoms with van der Waals surface area (Å²) in [5.74, 6) is -4.89. The Hall–Kier alpha value is -2.46. The number of nitrogens with one attached hydrogen (secondary N) is 4. The topological polar surface area (TPSA) is 121 Å². The summed E-state index contributed by atoms with van der Waals surface area (Å²) >= 11 is 1.88. The smallest absolute Gasteiger partial charge is 0.277 e. The van der Waals surface area contributed by atoms with Crippen molar-refractivity contribution in [1.82, 2.24) is 16.3 Å². The van der Waals surface area contributed by atoms with E-state index in [9.17, 15) is 22.8 Å². The Kier molecular flexibility index (Phi) is 10.8. The monoisotopic (exact) mass is 582 g/mol. The molecule has 0 atom stereocenters. The summed E-state index contributed by atoms with van der Waals surface area (Å²) in [6, 6.07) is 5.04. The number of rotatable bonds is 12. The van der Waals surface area contributed by atoms with Crippen molar-refractivity contribution < 1.29 is 37.5 Å². The molecule has 0 fully saturated rings. The number of benzene rings is 2. The summed E-state index contributed by atoms with van der Waals surface area (Å²) in [5.41, 5.74) is 2.80. The SMILES string of the molecule is CCNC(=O)CONCc1cc(C(=O)NOCCO)c(Nc2ccc(I)cc2F)c(F)c1F. The summed E-state index contributed by atoms with van der Waals surface area (Å²) in [6.45, 7) is 0.720. The van der Waals surface area contributed by atoms with Crippen LogP contribution in [0.4, 0.5) is 24.5 Å². The van der Waals surface area contributed by atoms with Crippen LogP contribution >= 0.6 is 22.6 Å². The normalized spacial score (nSPS) is 10.7. The molecule has 2 aromatic carbocycles. The lowest BCUT2D eigenvalue weighted by Crippen LogP contribution is -2.30. The van der Waals surface area contributed by atoms with Gasteiger partial charge in [-0.25, -0.2) is 18.7 Å². The van der Waals surface area contributed by atoms with Crippen LogP contribution in [0.2, 0.25) is 0 Å². The zero-order valence-electron chi connectivity index (χ0n) is 17.4. The Bertz CT molecular complexity index is 997. The van der Waals surface area contributed by atoms with Crippen LogP contribution in [0.25, 0.3) is 0 Å². The zero-order chi connectivity index (χ0) is 24.4. The Labute approximate surface area is 201 Å². The second kappa shape index (κ2) is 13.3. The Morgan fingerprint density at radius 2 is 1.88 bits per heavy atom. The summed E-state index contributed by atoms with van der Waals surface area (Å²) < 4.78 is 44.5. The van der Waals surface area contributed by atoms with E-state index >= 15 is 0 Å². The van der Waals surface area contributed by atoms with Crippen LogP contribution < -0.4 is 21.6 Å². The van der Waals surface area contributed by atoms with Crippen LogP contribution in [-0.2, 0) is 21.0 Å². The number of aliphatic hydroxyl groups excluding tert-OH is 1. The van der Waals surface area contributed by atoms with Crippen LogP contribution in [0, 0.1) is 21.0 Å². The van der Waals surface area contributed by atoms with E-state index < -0.39 is 53.7 Å². The van der Waals surface area contributed by atoms with Gasteiger partial charge in [-0.05, 0) is 53.8 Å². The molecule has 33 heavy (non-hydrogen) atoms. The highest BCUT2D eigenvalue weighted by atomic mass is 127. The molecule has 0 aliphatic carbocycles. The van der Waals surface area contributed by atoms with Crippen LogP contribution in [0.5, 0.6) is 0 Å². The molecule has 0 saturated heterocycles. The van der Waals surface area contributed by atoms with Gasteiger partial charge in [-0.15, -0.1) is 0 Å². The minimum atomic E-state index is -1.44. The van der Waals surface area contributed by atoms with Gasteiger partial charge in [-0.3, -0.25) is 19.3 Å². The van der Waals surface area contributed by atoms with Crippen molar-refractivity contribution in [2.24, 2.45) is 0 Å². The molecule has 180 valence electrons. The van der Waals surface area contributed by atoms with Gasteiger partial charge in [0, 0.05) is 22.2 Å². The lowest BCUT2D eigenvalue weighted by atomic mass is 10.1. The van der Waals surface area contributed by atoms with Crippen molar-refractivity contribution in [2.75, 3.05) is 31.7 Å². The third-order valence-electron chi connectivity index (χ3n) is 4.02. The van der Waals surface area contributed by atoms with E-state index in [0.29, 0.717) is 10.1 Å². The molecule has 9 nitrogen and oxygen atoms in total. The van der Waals surface area contributed by atoms with Crippen molar-refractivity contribution in [3.63, 3.8) is 0 Å². The van der Waals surface area contributed by atoms with Gasteiger partial charge in [-0.2, -0.15) is 5.48 Å². The molecule has 0 saturated carbocycles. The maximum atomic E-state index is 15.0. The van der Waals surface area contributed by atoms with Crippen molar-refractivity contribution in [3.05, 3.63) is 56.4 Å². The number of hydrogen-bond acceptors (Lipinski definition) is 7. The first-order valence-electron chi connectivity index (χ1n) is 9.65. The third kappa shape index (κ3) is 7.82. The molecule has 2 rings (SSSR count). The molecule has 13 heteroatoms. The molecule has 0 aliphatic rings. The molecule has 0 spiro atoms. The first kappa shape index (κ1) is 26.8. The summed E-state index contributed by atoms with van der Waals surface area (Å²) in [5, 5.41) is 13.7. The Balaban J connectivity index is 2.32. The lowest BCUT2D eigenvalue weighted by Gasteiger charge is -2.17. The maximum absolute atomic E-state index is 15.0. The van der Waals surface area contributed by atoms with Gasteiger partial charge in [0.2, 0.25) is 5.91 Å². The first-order chi connectivity index (χ1) is 15.8. The molecule has 0 aromatic heterocycles. The molecule has 0 heterocycles. The quantitative estimate of drug-likeness (QED) is 0.148. The number of aliphatic hydroxyl groups is 1. The molecule has 0 aliphatic heterocycles. The van der Waals surface area contributed by atoms with E-state index in [0.717, 1.165) is 6.07 Å². The summed E-state index contributed by atoms with van der Waals surface area (Å²) in [6.07, 6.45) is 0. The average Bonchev–Trinajstić information content (AvgIpc) is 2.77. The largest absolute Gasteiger partial charge is 0.394 e. The average molecular weight is 582 g/mol. The minimum absolute atomic E-state index is 0.185. The van der Waals surface area contributed by atoms with Gasteiger partial charge >= 0.3 is 0 Å². The van der Waals surface area contributed by atoms with E-state index in [1.807, 2.05) is 28.1 Å². The van der Waals surface area contributed by atoms with Crippen LogP contribution in [0.1, 0.15) is 22.8 Å². The number of hydroxylamine groups is 2. The molecule has 0 unspecified atom stereocenters. The van der Waals surface area contributed by atoms with E-state index in [2.05, 4.69) is 16.1 Å². The fourth-order valence-electron chi connectivity index (χ4n) is 2.54. The van der Waals surface area contributed by atoms with Gasteiger partial charge in [0.05, 0.1) is 30.2 Å². The highest BCUT2D eigenvalue weighted by Crippen LogP contribution is 2.30. The molecule has 0 radical (unpaired) electrons. The fourth-order valence-corrected chi connectivity index (χ4v) is 3.00. The van der Waals surface area contributed by atoms with E-state index in [-0.39, 0.29) is 24.5 Å². The predicted octanol–water partition coefficient (Wildman–Crippen LogP) is 2.26. The van der Waals surface area contributed by atoms with E-state index in [1.165, 1.54) is 18.2 Å². The number of halogens is 4. The first-order valence-corrected chi connectivity index (χ1v) is 10.7. The van der Waals surface area contributed by atoms with Gasteiger partial charge in [-0.1, -0.05) is 0 Å². The lowest BCUT2D eigenvalue weighted by molar-refractivity contribution is -0.128. The Morgan fingerprint density at radius 3 is 2.55 bits per heavy atom. The number of hydrogen-bond donors (Lipinski definition) is 5. The van der Waals surface area contributed by atoms with Gasteiger partial charge in [0.25, 0.3) is 5.91 Å². The highest BCUT2D eigenvalue weighted by molar-refractivity contribution is 14.1. The Morgan fingerprint density at radius 1 is 1.12 bits per heavy atom. The van der Waals surface area contributed by atoms with Gasteiger partial charge < -0.3 is 15.7 Å². The van der Waals surface area contributed by atoms with Crippen LogP contribution in [0.15, 0.2) is 24.3 Å². The van der Waals surface area contributed by atoms with Gasteiger partial charge in [0.15, 0.2) is 11.6 Å². The number of carbonyl (C=O) groups is 2. The molecule has 2 amide bonds. The van der Waals surface area contributed by atoms with Crippen molar-refractivity contribution in [1.29, 1.82) is 0 Å². The van der Waals surface area contributed by atoms with Crippen LogP contribution in [-0.4, -0.2) is 43.3 Å². The molecular weight excluding hydrogens is 560 g/mol. The van der Waals surface area contributed by atoms with Crippen molar-refractivity contribution >= 4 is 45.8 Å². The highest BCUT2D eigenvalue weighted by Gasteiger charge is 2.24. The number of carbonyl (C=O) groups excluding carboxylic acids is 2. The third-order valence-corrected chi connectivity index (χ3v) is 4.69. The molecule has 0 bridgehead atoms. The summed E-state index contributed by atoms with van der Waals surface area (Å²) in [7, 11) is 0. The van der Waals surface area contributed by atoms with Crippen LogP contribution in [0.3, 0.4) is 0 Å². The number of likely N-dealkylation sites (N-methyl/N-ethyl adjacent to an activating group) is 1. The number of anilines is 2. The molecular formula is C20H22F3IN4O5. The second-order valence-electron chi connectivity index (χ2n) is 6.40. The van der Waals surface area contributed by atoms with Crippen molar-refractivity contribution in [2.45, 2.75) is 13.5 Å². The maximum Gasteiger partial charge on any atom is 0.277 e. The molecule has 5 N–H and O–H groups in total. The van der Waals surface area contributed by atoms with Crippen molar-refractivity contribution in [3.8, 4) is 0 Å². The fraction of sp³-hybridized carbons (Fsp3) is 0.300. The zero-order valence-corrected chi connectivity index (χ0v) is 19.6. The number of amides is 2. The molecule has 2 aromatic rings. The second-order valence-corrected chi connectivity index (χ2v) is 7.65. The van der Waals surface area contributed by atoms with E-state index in [1.54, 1.807) is 6.92 Å². The van der Waals surface area contributed by atoms with E-state index in [4.69, 9.17) is 14.8 Å². The summed E-state index contributed by atoms with van der Waals surface area (Å²) in [4.78, 5) is 33.6.